The van der Waals surface area contributed by atoms with E-state index >= 15 is 0 Å². The SMILES string of the molecule is C=CCCC#CC(C)(C)OP(=O)(O)CCC=C. The Morgan fingerprint density at radius 1 is 1.35 bits per heavy atom. The third kappa shape index (κ3) is 8.94. The summed E-state index contributed by atoms with van der Waals surface area (Å²) in [5, 5.41) is 0. The Morgan fingerprint density at radius 2 is 1.94 bits per heavy atom. The Labute approximate surface area is 104 Å². The van der Waals surface area contributed by atoms with Crippen molar-refractivity contribution in [3.05, 3.63) is 25.3 Å². The van der Waals surface area contributed by atoms with Crippen molar-refractivity contribution in [1.29, 1.82) is 0 Å². The molecule has 1 atom stereocenters. The average Bonchev–Trinajstić information content (AvgIpc) is 2.20. The minimum absolute atomic E-state index is 0.0776. The Kier molecular flexibility index (Phi) is 7.15. The summed E-state index contributed by atoms with van der Waals surface area (Å²) in [6, 6.07) is 0. The molecule has 0 rings (SSSR count). The van der Waals surface area contributed by atoms with Crippen LogP contribution in [0.1, 0.15) is 33.1 Å². The number of rotatable bonds is 7. The summed E-state index contributed by atoms with van der Waals surface area (Å²) in [5.41, 5.74) is -0.910. The molecule has 0 fully saturated rings. The first-order valence-corrected chi connectivity index (χ1v) is 7.33. The smallest absolute Gasteiger partial charge is 0.324 e. The summed E-state index contributed by atoms with van der Waals surface area (Å²) >= 11 is 0. The molecule has 0 saturated carbocycles. The maximum atomic E-state index is 11.7. The molecular weight excluding hydrogens is 235 g/mol. The van der Waals surface area contributed by atoms with Gasteiger partial charge in [-0.05, 0) is 26.7 Å². The topological polar surface area (TPSA) is 46.5 Å². The molecule has 0 saturated heterocycles. The summed E-state index contributed by atoms with van der Waals surface area (Å²) in [6.07, 6.45) is 5.38. The molecule has 0 aromatic heterocycles. The van der Waals surface area contributed by atoms with Crippen LogP contribution in [0.5, 0.6) is 0 Å². The van der Waals surface area contributed by atoms with Gasteiger partial charge in [0.2, 0.25) is 0 Å². The van der Waals surface area contributed by atoms with E-state index < -0.39 is 13.2 Å². The Hall–Kier alpha value is -0.810. The van der Waals surface area contributed by atoms with E-state index in [4.69, 9.17) is 4.52 Å². The molecule has 4 heteroatoms. The third-order valence-corrected chi connectivity index (χ3v) is 3.41. The highest BCUT2D eigenvalue weighted by Gasteiger charge is 2.28. The maximum Gasteiger partial charge on any atom is 0.329 e. The predicted octanol–water partition coefficient (Wildman–Crippen LogP) is 3.51. The van der Waals surface area contributed by atoms with Gasteiger partial charge in [0.15, 0.2) is 0 Å². The van der Waals surface area contributed by atoms with Gasteiger partial charge in [-0.25, -0.2) is 0 Å². The Balaban J connectivity index is 4.39. The second kappa shape index (κ2) is 7.50. The largest absolute Gasteiger partial charge is 0.329 e. The zero-order chi connectivity index (χ0) is 13.4. The molecule has 0 aliphatic heterocycles. The van der Waals surface area contributed by atoms with Gasteiger partial charge >= 0.3 is 7.60 Å². The number of allylic oxidation sites excluding steroid dienone is 2. The molecule has 96 valence electrons. The van der Waals surface area contributed by atoms with E-state index in [1.54, 1.807) is 26.0 Å². The molecule has 0 heterocycles. The van der Waals surface area contributed by atoms with Gasteiger partial charge in [-0.15, -0.1) is 13.2 Å². The van der Waals surface area contributed by atoms with E-state index in [2.05, 4.69) is 25.0 Å². The van der Waals surface area contributed by atoms with E-state index in [-0.39, 0.29) is 6.16 Å². The van der Waals surface area contributed by atoms with Crippen LogP contribution in [0, 0.1) is 11.8 Å². The standard InChI is InChI=1S/C13H21O3P/c1-5-7-9-10-11-13(3,4)16-17(14,15)12-8-6-2/h5-6H,1-2,7-9,12H2,3-4H3,(H,14,15). The van der Waals surface area contributed by atoms with Crippen molar-refractivity contribution in [3.8, 4) is 11.8 Å². The molecule has 0 radical (unpaired) electrons. The Bertz CT molecular complexity index is 361. The maximum absolute atomic E-state index is 11.7. The summed E-state index contributed by atoms with van der Waals surface area (Å²) in [7, 11) is -3.58. The Morgan fingerprint density at radius 3 is 2.47 bits per heavy atom. The first-order chi connectivity index (χ1) is 7.83. The molecule has 0 aromatic rings. The van der Waals surface area contributed by atoms with E-state index in [1.165, 1.54) is 0 Å². The fourth-order valence-corrected chi connectivity index (χ4v) is 2.49. The van der Waals surface area contributed by atoms with Gasteiger partial charge in [-0.2, -0.15) is 0 Å². The molecule has 0 bridgehead atoms. The lowest BCUT2D eigenvalue weighted by Gasteiger charge is -2.22. The van der Waals surface area contributed by atoms with Crippen molar-refractivity contribution < 1.29 is 14.0 Å². The summed E-state index contributed by atoms with van der Waals surface area (Å²) in [6.45, 7) is 10.5. The minimum Gasteiger partial charge on any atom is -0.324 e. The number of unbranched alkanes of at least 4 members (excludes halogenated alkanes) is 1. The van der Waals surface area contributed by atoms with Crippen LogP contribution in [0.15, 0.2) is 25.3 Å². The quantitative estimate of drug-likeness (QED) is 0.328. The molecule has 1 N–H and O–H groups in total. The average molecular weight is 256 g/mol. The van der Waals surface area contributed by atoms with Gasteiger partial charge in [-0.3, -0.25) is 9.09 Å². The zero-order valence-electron chi connectivity index (χ0n) is 10.6. The second-order valence-electron chi connectivity index (χ2n) is 4.17. The molecule has 17 heavy (non-hydrogen) atoms. The van der Waals surface area contributed by atoms with Crippen LogP contribution in [-0.2, 0) is 9.09 Å². The highest BCUT2D eigenvalue weighted by Crippen LogP contribution is 2.46. The summed E-state index contributed by atoms with van der Waals surface area (Å²) in [5.74, 6) is 5.75. The monoisotopic (exact) mass is 256 g/mol. The van der Waals surface area contributed by atoms with Gasteiger partial charge in [0.25, 0.3) is 0 Å². The van der Waals surface area contributed by atoms with Crippen LogP contribution in [0.4, 0.5) is 0 Å². The van der Waals surface area contributed by atoms with Crippen molar-refractivity contribution in [2.45, 2.75) is 38.7 Å². The lowest BCUT2D eigenvalue weighted by Crippen LogP contribution is -2.21. The third-order valence-electron chi connectivity index (χ3n) is 1.85. The van der Waals surface area contributed by atoms with Gasteiger partial charge in [0.1, 0.15) is 5.60 Å². The highest BCUT2D eigenvalue weighted by molar-refractivity contribution is 7.52. The van der Waals surface area contributed by atoms with Gasteiger partial charge in [0, 0.05) is 6.42 Å². The van der Waals surface area contributed by atoms with Gasteiger partial charge < -0.3 is 4.89 Å². The van der Waals surface area contributed by atoms with Crippen LogP contribution >= 0.6 is 7.60 Å². The van der Waals surface area contributed by atoms with Crippen LogP contribution in [0.3, 0.4) is 0 Å². The molecule has 0 amide bonds. The first kappa shape index (κ1) is 16.2. The van der Waals surface area contributed by atoms with Crippen LogP contribution in [0.25, 0.3) is 0 Å². The van der Waals surface area contributed by atoms with E-state index in [1.807, 2.05) is 0 Å². The fraction of sp³-hybridized carbons (Fsp3) is 0.538. The van der Waals surface area contributed by atoms with Crippen LogP contribution in [-0.4, -0.2) is 16.7 Å². The van der Waals surface area contributed by atoms with Crippen molar-refractivity contribution >= 4 is 7.60 Å². The van der Waals surface area contributed by atoms with Crippen molar-refractivity contribution in [2.24, 2.45) is 0 Å². The number of hydrogen-bond donors (Lipinski definition) is 1. The summed E-state index contributed by atoms with van der Waals surface area (Å²) < 4.78 is 16.9. The van der Waals surface area contributed by atoms with Crippen molar-refractivity contribution in [2.75, 3.05) is 6.16 Å². The lowest BCUT2D eigenvalue weighted by molar-refractivity contribution is 0.147. The molecule has 0 aromatic carbocycles. The fourth-order valence-electron chi connectivity index (χ4n) is 1.13. The summed E-state index contributed by atoms with van der Waals surface area (Å²) in [4.78, 5) is 9.59. The van der Waals surface area contributed by atoms with Crippen molar-refractivity contribution in [1.82, 2.24) is 0 Å². The zero-order valence-corrected chi connectivity index (χ0v) is 11.5. The van der Waals surface area contributed by atoms with Crippen LogP contribution in [0.2, 0.25) is 0 Å². The van der Waals surface area contributed by atoms with E-state index in [9.17, 15) is 9.46 Å². The second-order valence-corrected chi connectivity index (χ2v) is 6.07. The number of hydrogen-bond acceptors (Lipinski definition) is 2. The molecule has 1 unspecified atom stereocenters. The van der Waals surface area contributed by atoms with Crippen molar-refractivity contribution in [3.63, 3.8) is 0 Å². The predicted molar refractivity (Wildman–Crippen MR) is 71.9 cm³/mol. The van der Waals surface area contributed by atoms with E-state index in [0.717, 1.165) is 6.42 Å². The normalized spacial score (nSPS) is 14.3. The molecular formula is C13H21O3P. The van der Waals surface area contributed by atoms with E-state index in [0.29, 0.717) is 12.8 Å². The highest BCUT2D eigenvalue weighted by atomic mass is 31.2. The minimum atomic E-state index is -3.58. The van der Waals surface area contributed by atoms with Crippen LogP contribution < -0.4 is 0 Å². The molecule has 0 spiro atoms. The lowest BCUT2D eigenvalue weighted by atomic mass is 10.1. The molecule has 0 aliphatic carbocycles. The van der Waals surface area contributed by atoms with Gasteiger partial charge in [0.05, 0.1) is 6.16 Å². The molecule has 3 nitrogen and oxygen atoms in total. The molecule has 0 aliphatic rings. The first-order valence-electron chi connectivity index (χ1n) is 5.57. The van der Waals surface area contributed by atoms with Gasteiger partial charge in [-0.1, -0.05) is 24.0 Å².